The van der Waals surface area contributed by atoms with Crippen molar-refractivity contribution < 1.29 is 9.53 Å². The highest BCUT2D eigenvalue weighted by atomic mass is 32.2. The molecule has 0 unspecified atom stereocenters. The van der Waals surface area contributed by atoms with Crippen LogP contribution in [0.4, 0.5) is 11.4 Å². The van der Waals surface area contributed by atoms with Crippen LogP contribution in [0, 0.1) is 11.3 Å². The molecule has 1 amide bonds. The van der Waals surface area contributed by atoms with E-state index < -0.39 is 0 Å². The lowest BCUT2D eigenvalue weighted by molar-refractivity contribution is -0.122. The van der Waals surface area contributed by atoms with Crippen LogP contribution in [0.15, 0.2) is 88.9 Å². The number of thioether (sulfide) groups is 1. The highest BCUT2D eigenvalue weighted by Gasteiger charge is 2.33. The number of benzene rings is 3. The molecule has 1 aliphatic rings. The zero-order chi connectivity index (χ0) is 25.3. The minimum Gasteiger partial charge on any atom is -0.496 e. The molecule has 1 saturated heterocycles. The molecule has 2 N–H and O–H groups in total. The number of rotatable bonds is 9. The summed E-state index contributed by atoms with van der Waals surface area (Å²) in [6.07, 6.45) is 1.73. The van der Waals surface area contributed by atoms with E-state index in [0.717, 1.165) is 22.6 Å². The van der Waals surface area contributed by atoms with Crippen molar-refractivity contribution in [2.45, 2.75) is 20.0 Å². The fraction of sp³-hybridized carbons (Fsp3) is 0.179. The molecule has 1 aliphatic heterocycles. The lowest BCUT2D eigenvalue weighted by Crippen LogP contribution is -2.28. The molecule has 3 aromatic rings. The number of amidine groups is 1. The van der Waals surface area contributed by atoms with E-state index in [-0.39, 0.29) is 5.91 Å². The van der Waals surface area contributed by atoms with E-state index in [1.807, 2.05) is 67.6 Å². The van der Waals surface area contributed by atoms with Crippen molar-refractivity contribution in [3.8, 4) is 11.8 Å². The number of nitriles is 1. The predicted molar refractivity (Wildman–Crippen MR) is 145 cm³/mol. The molecule has 0 aliphatic carbocycles. The van der Waals surface area contributed by atoms with Crippen LogP contribution < -0.4 is 15.4 Å². The standard InChI is InChI=1S/C28H27N5O2S/c1-3-31-23-14-13-21(16-29)15-24(23)32-28-33(19-20-9-5-4-6-10-20)27(34)26(36-28)18-30-17-22-11-7-8-12-25(22)35-2/h4-15,18,30-31H,3,17,19H2,1-2H3. The Hall–Kier alpha value is -4.22. The largest absolute Gasteiger partial charge is 0.496 e. The van der Waals surface area contributed by atoms with Crippen LogP contribution in [0.3, 0.4) is 0 Å². The number of aliphatic imine (C=N–C) groups is 1. The van der Waals surface area contributed by atoms with Crippen molar-refractivity contribution in [1.29, 1.82) is 5.26 Å². The molecule has 1 heterocycles. The average Bonchev–Trinajstić information content (AvgIpc) is 3.19. The Morgan fingerprint density at radius 3 is 2.64 bits per heavy atom. The van der Waals surface area contributed by atoms with Gasteiger partial charge in [-0.1, -0.05) is 48.5 Å². The van der Waals surface area contributed by atoms with Crippen LogP contribution >= 0.6 is 11.8 Å². The van der Waals surface area contributed by atoms with Gasteiger partial charge in [-0.05, 0) is 48.5 Å². The number of amides is 1. The van der Waals surface area contributed by atoms with Crippen LogP contribution in [0.2, 0.25) is 0 Å². The summed E-state index contributed by atoms with van der Waals surface area (Å²) in [5.41, 5.74) is 3.93. The maximum absolute atomic E-state index is 13.4. The van der Waals surface area contributed by atoms with Gasteiger partial charge in [0.1, 0.15) is 5.75 Å². The summed E-state index contributed by atoms with van der Waals surface area (Å²) in [7, 11) is 1.64. The molecule has 8 heteroatoms. The van der Waals surface area contributed by atoms with Crippen molar-refractivity contribution in [3.05, 3.63) is 101 Å². The average molecular weight is 498 g/mol. The Labute approximate surface area is 215 Å². The van der Waals surface area contributed by atoms with Crippen LogP contribution in [0.25, 0.3) is 0 Å². The Balaban J connectivity index is 1.64. The summed E-state index contributed by atoms with van der Waals surface area (Å²) in [4.78, 5) is 20.5. The summed E-state index contributed by atoms with van der Waals surface area (Å²) < 4.78 is 5.42. The molecule has 0 saturated carbocycles. The number of hydrogen-bond acceptors (Lipinski definition) is 7. The maximum atomic E-state index is 13.4. The van der Waals surface area contributed by atoms with Gasteiger partial charge in [0.15, 0.2) is 5.17 Å². The zero-order valence-corrected chi connectivity index (χ0v) is 21.0. The lowest BCUT2D eigenvalue weighted by Gasteiger charge is -2.16. The summed E-state index contributed by atoms with van der Waals surface area (Å²) >= 11 is 1.31. The van der Waals surface area contributed by atoms with Crippen LogP contribution in [-0.4, -0.2) is 29.6 Å². The number of carbonyl (C=O) groups is 1. The number of anilines is 1. The molecule has 0 atom stereocenters. The van der Waals surface area contributed by atoms with Gasteiger partial charge in [-0.3, -0.25) is 9.69 Å². The van der Waals surface area contributed by atoms with Crippen LogP contribution in [0.1, 0.15) is 23.6 Å². The summed E-state index contributed by atoms with van der Waals surface area (Å²) in [6, 6.07) is 25.1. The molecular formula is C28H27N5O2S. The zero-order valence-electron chi connectivity index (χ0n) is 20.2. The highest BCUT2D eigenvalue weighted by Crippen LogP contribution is 2.36. The van der Waals surface area contributed by atoms with Crippen molar-refractivity contribution in [2.75, 3.05) is 19.0 Å². The van der Waals surface area contributed by atoms with E-state index in [2.05, 4.69) is 16.7 Å². The quantitative estimate of drug-likeness (QED) is 0.385. The fourth-order valence-electron chi connectivity index (χ4n) is 3.74. The second kappa shape index (κ2) is 12.0. The molecule has 1 fully saturated rings. The van der Waals surface area contributed by atoms with E-state index in [4.69, 9.17) is 9.73 Å². The Kier molecular flexibility index (Phi) is 8.27. The number of carbonyl (C=O) groups excluding carboxylic acids is 1. The summed E-state index contributed by atoms with van der Waals surface area (Å²) in [6.45, 7) is 3.62. The second-order valence-corrected chi connectivity index (χ2v) is 8.96. The third-order valence-electron chi connectivity index (χ3n) is 5.50. The predicted octanol–water partition coefficient (Wildman–Crippen LogP) is 5.39. The fourth-order valence-corrected chi connectivity index (χ4v) is 4.67. The van der Waals surface area contributed by atoms with Crippen molar-refractivity contribution >= 4 is 34.2 Å². The Morgan fingerprint density at radius 1 is 1.11 bits per heavy atom. The minimum atomic E-state index is -0.128. The van der Waals surface area contributed by atoms with Gasteiger partial charge >= 0.3 is 0 Å². The van der Waals surface area contributed by atoms with Gasteiger partial charge in [0.05, 0.1) is 41.6 Å². The van der Waals surface area contributed by atoms with Crippen LogP contribution in [0.5, 0.6) is 5.75 Å². The number of nitrogens with one attached hydrogen (secondary N) is 2. The van der Waals surface area contributed by atoms with Crippen molar-refractivity contribution in [2.24, 2.45) is 4.99 Å². The third-order valence-corrected chi connectivity index (χ3v) is 6.51. The van der Waals surface area contributed by atoms with E-state index in [1.54, 1.807) is 30.3 Å². The van der Waals surface area contributed by atoms with Gasteiger partial charge < -0.3 is 15.4 Å². The Bertz CT molecular complexity index is 1330. The molecule has 0 bridgehead atoms. The van der Waals surface area contributed by atoms with Gasteiger partial charge in [-0.2, -0.15) is 5.26 Å². The maximum Gasteiger partial charge on any atom is 0.268 e. The first-order valence-corrected chi connectivity index (χ1v) is 12.4. The molecule has 0 aromatic heterocycles. The van der Waals surface area contributed by atoms with Crippen LogP contribution in [-0.2, 0) is 17.9 Å². The van der Waals surface area contributed by atoms with Gasteiger partial charge in [0.25, 0.3) is 5.91 Å². The first kappa shape index (κ1) is 24.9. The monoisotopic (exact) mass is 497 g/mol. The van der Waals surface area contributed by atoms with Crippen molar-refractivity contribution in [1.82, 2.24) is 10.2 Å². The van der Waals surface area contributed by atoms with E-state index in [0.29, 0.717) is 41.0 Å². The smallest absolute Gasteiger partial charge is 0.268 e. The topological polar surface area (TPSA) is 89.7 Å². The van der Waals surface area contributed by atoms with Crippen molar-refractivity contribution in [3.63, 3.8) is 0 Å². The number of methoxy groups -OCH3 is 1. The lowest BCUT2D eigenvalue weighted by atomic mass is 10.2. The molecular weight excluding hydrogens is 470 g/mol. The molecule has 36 heavy (non-hydrogen) atoms. The second-order valence-electron chi connectivity index (χ2n) is 7.95. The van der Waals surface area contributed by atoms with Gasteiger partial charge in [0.2, 0.25) is 0 Å². The summed E-state index contributed by atoms with van der Waals surface area (Å²) in [5, 5.41) is 16.5. The highest BCUT2D eigenvalue weighted by molar-refractivity contribution is 8.18. The molecule has 0 spiro atoms. The van der Waals surface area contributed by atoms with E-state index in [9.17, 15) is 10.1 Å². The number of nitrogens with zero attached hydrogens (tertiary/aromatic N) is 3. The van der Waals surface area contributed by atoms with E-state index in [1.165, 1.54) is 11.8 Å². The normalized spacial score (nSPS) is 15.2. The van der Waals surface area contributed by atoms with E-state index >= 15 is 0 Å². The van der Waals surface area contributed by atoms with Gasteiger partial charge in [0, 0.05) is 24.9 Å². The molecule has 0 radical (unpaired) electrons. The first-order chi connectivity index (χ1) is 17.6. The number of para-hydroxylation sites is 1. The van der Waals surface area contributed by atoms with Gasteiger partial charge in [-0.25, -0.2) is 4.99 Å². The van der Waals surface area contributed by atoms with Gasteiger partial charge in [-0.15, -0.1) is 0 Å². The first-order valence-electron chi connectivity index (χ1n) is 11.6. The molecule has 4 rings (SSSR count). The third kappa shape index (κ3) is 5.88. The molecule has 7 nitrogen and oxygen atoms in total. The Morgan fingerprint density at radius 2 is 1.89 bits per heavy atom. The number of ether oxygens (including phenoxy) is 1. The SMILES string of the molecule is CCNc1ccc(C#N)cc1N=C1SC(=CNCc2ccccc2OC)C(=O)N1Cc1ccccc1. The number of hydrogen-bond donors (Lipinski definition) is 2. The molecule has 3 aromatic carbocycles. The summed E-state index contributed by atoms with van der Waals surface area (Å²) in [5.74, 6) is 0.659. The minimum absolute atomic E-state index is 0.128. The molecule has 182 valence electrons.